The molecule has 0 aliphatic heterocycles. The van der Waals surface area contributed by atoms with E-state index < -0.39 is 10.9 Å². The second-order valence-corrected chi connectivity index (χ2v) is 5.92. The highest BCUT2D eigenvalue weighted by Crippen LogP contribution is 2.34. The number of rotatable bonds is 4. The molecule has 0 saturated heterocycles. The summed E-state index contributed by atoms with van der Waals surface area (Å²) in [4.78, 5) is 21.4. The second kappa shape index (κ2) is 5.78. The first kappa shape index (κ1) is 14.8. The zero-order chi connectivity index (χ0) is 14.9. The van der Waals surface area contributed by atoms with Crippen molar-refractivity contribution in [1.29, 1.82) is 0 Å². The largest absolute Gasteiger partial charge is 0.481 e. The third-order valence-electron chi connectivity index (χ3n) is 3.62. The SMILES string of the molecule is Cc1cc(N[C@H]2CC[C@@H](C(=O)O)C2)c(Br)cc1[N+](=O)[O-]. The van der Waals surface area contributed by atoms with E-state index in [1.807, 2.05) is 0 Å². The van der Waals surface area contributed by atoms with E-state index in [4.69, 9.17) is 5.11 Å². The van der Waals surface area contributed by atoms with Gasteiger partial charge in [-0.05, 0) is 48.2 Å². The van der Waals surface area contributed by atoms with Crippen LogP contribution in [-0.2, 0) is 4.79 Å². The summed E-state index contributed by atoms with van der Waals surface area (Å²) in [6.07, 6.45) is 2.04. The molecule has 1 fully saturated rings. The average Bonchev–Trinajstić information content (AvgIpc) is 2.81. The van der Waals surface area contributed by atoms with Gasteiger partial charge in [-0.15, -0.1) is 0 Å². The summed E-state index contributed by atoms with van der Waals surface area (Å²) < 4.78 is 0.619. The van der Waals surface area contributed by atoms with Crippen LogP contribution in [0.15, 0.2) is 16.6 Å². The number of aryl methyl sites for hydroxylation is 1. The molecule has 2 atom stereocenters. The maximum atomic E-state index is 10.9. The van der Waals surface area contributed by atoms with E-state index in [0.29, 0.717) is 22.9 Å². The van der Waals surface area contributed by atoms with E-state index in [1.165, 1.54) is 6.07 Å². The molecule has 0 spiro atoms. The highest BCUT2D eigenvalue weighted by atomic mass is 79.9. The Labute approximate surface area is 124 Å². The number of nitro groups is 1. The molecule has 1 aliphatic carbocycles. The lowest BCUT2D eigenvalue weighted by atomic mass is 10.1. The summed E-state index contributed by atoms with van der Waals surface area (Å²) >= 11 is 3.32. The maximum absolute atomic E-state index is 10.9. The van der Waals surface area contributed by atoms with Crippen molar-refractivity contribution in [2.75, 3.05) is 5.32 Å². The monoisotopic (exact) mass is 342 g/mol. The van der Waals surface area contributed by atoms with Crippen LogP contribution in [0.5, 0.6) is 0 Å². The van der Waals surface area contributed by atoms with Crippen molar-refractivity contribution < 1.29 is 14.8 Å². The van der Waals surface area contributed by atoms with Gasteiger partial charge < -0.3 is 10.4 Å². The van der Waals surface area contributed by atoms with Crippen LogP contribution in [0.2, 0.25) is 0 Å². The highest BCUT2D eigenvalue weighted by molar-refractivity contribution is 9.10. The van der Waals surface area contributed by atoms with E-state index in [0.717, 1.165) is 12.1 Å². The van der Waals surface area contributed by atoms with Gasteiger partial charge in [0.1, 0.15) is 0 Å². The van der Waals surface area contributed by atoms with Crippen LogP contribution in [0.3, 0.4) is 0 Å². The third-order valence-corrected chi connectivity index (χ3v) is 4.28. The number of carboxylic acids is 1. The normalized spacial score (nSPS) is 21.7. The molecule has 1 aromatic carbocycles. The Morgan fingerprint density at radius 1 is 1.50 bits per heavy atom. The molecule has 108 valence electrons. The van der Waals surface area contributed by atoms with Gasteiger partial charge in [0.25, 0.3) is 5.69 Å². The lowest BCUT2D eigenvalue weighted by Crippen LogP contribution is -2.18. The molecule has 0 unspecified atom stereocenters. The fourth-order valence-corrected chi connectivity index (χ4v) is 2.98. The molecule has 0 bridgehead atoms. The predicted octanol–water partition coefficient (Wildman–Crippen LogP) is 3.33. The van der Waals surface area contributed by atoms with E-state index in [1.54, 1.807) is 13.0 Å². The minimum Gasteiger partial charge on any atom is -0.481 e. The molecule has 0 heterocycles. The Morgan fingerprint density at radius 2 is 2.20 bits per heavy atom. The number of anilines is 1. The maximum Gasteiger partial charge on any atom is 0.306 e. The summed E-state index contributed by atoms with van der Waals surface area (Å²) in [6.45, 7) is 1.68. The van der Waals surface area contributed by atoms with E-state index in [-0.39, 0.29) is 17.6 Å². The van der Waals surface area contributed by atoms with E-state index in [9.17, 15) is 14.9 Å². The fourth-order valence-electron chi connectivity index (χ4n) is 2.54. The lowest BCUT2D eigenvalue weighted by Gasteiger charge is -2.16. The molecule has 20 heavy (non-hydrogen) atoms. The zero-order valence-corrected chi connectivity index (χ0v) is 12.5. The molecule has 1 aromatic rings. The van der Waals surface area contributed by atoms with Gasteiger partial charge in [0.15, 0.2) is 0 Å². The fraction of sp³-hybridized carbons (Fsp3) is 0.462. The van der Waals surface area contributed by atoms with Crippen molar-refractivity contribution >= 4 is 33.3 Å². The smallest absolute Gasteiger partial charge is 0.306 e. The topological polar surface area (TPSA) is 92.5 Å². The molecule has 6 nitrogen and oxygen atoms in total. The summed E-state index contributed by atoms with van der Waals surface area (Å²) in [5, 5.41) is 23.1. The van der Waals surface area contributed by atoms with Gasteiger partial charge in [-0.1, -0.05) is 0 Å². The molecule has 0 radical (unpaired) electrons. The molecule has 7 heteroatoms. The van der Waals surface area contributed by atoms with Gasteiger partial charge in [-0.2, -0.15) is 0 Å². The second-order valence-electron chi connectivity index (χ2n) is 5.07. The van der Waals surface area contributed by atoms with Crippen LogP contribution >= 0.6 is 15.9 Å². The molecule has 0 aromatic heterocycles. The lowest BCUT2D eigenvalue weighted by molar-refractivity contribution is -0.385. The van der Waals surface area contributed by atoms with Gasteiger partial charge in [0.2, 0.25) is 0 Å². The number of carboxylic acid groups (broad SMARTS) is 1. The zero-order valence-electron chi connectivity index (χ0n) is 10.9. The average molecular weight is 343 g/mol. The number of nitrogens with one attached hydrogen (secondary N) is 1. The number of halogens is 1. The molecule has 2 rings (SSSR count). The van der Waals surface area contributed by atoms with Crippen molar-refractivity contribution in [3.05, 3.63) is 32.3 Å². The molecule has 0 amide bonds. The van der Waals surface area contributed by atoms with Gasteiger partial charge in [0, 0.05) is 27.8 Å². The Bertz CT molecular complexity index is 562. The van der Waals surface area contributed by atoms with Gasteiger partial charge in [0.05, 0.1) is 10.8 Å². The number of hydrogen-bond acceptors (Lipinski definition) is 4. The van der Waals surface area contributed by atoms with Crippen molar-refractivity contribution in [1.82, 2.24) is 0 Å². The molecular weight excluding hydrogens is 328 g/mol. The molecule has 2 N–H and O–H groups in total. The van der Waals surface area contributed by atoms with Crippen molar-refractivity contribution in [2.24, 2.45) is 5.92 Å². The number of carbonyl (C=O) groups is 1. The predicted molar refractivity (Wildman–Crippen MR) is 77.9 cm³/mol. The van der Waals surface area contributed by atoms with Crippen LogP contribution in [0.1, 0.15) is 24.8 Å². The van der Waals surface area contributed by atoms with Crippen LogP contribution in [0.25, 0.3) is 0 Å². The van der Waals surface area contributed by atoms with E-state index >= 15 is 0 Å². The number of nitrogens with zero attached hydrogens (tertiary/aromatic N) is 1. The minimum absolute atomic E-state index is 0.0669. The van der Waals surface area contributed by atoms with Gasteiger partial charge in [-0.25, -0.2) is 0 Å². The standard InChI is InChI=1S/C13H15BrN2O4/c1-7-4-11(10(14)6-12(7)16(19)20)15-9-3-2-8(5-9)13(17)18/h4,6,8-9,15H,2-3,5H2,1H3,(H,17,18)/t8-,9+/m1/s1. The number of hydrogen-bond donors (Lipinski definition) is 2. The summed E-state index contributed by atoms with van der Waals surface area (Å²) in [5.74, 6) is -1.06. The molecule has 1 saturated carbocycles. The Kier molecular flexibility index (Phi) is 4.27. The Balaban J connectivity index is 2.13. The number of benzene rings is 1. The van der Waals surface area contributed by atoms with Gasteiger partial charge >= 0.3 is 5.97 Å². The van der Waals surface area contributed by atoms with Crippen molar-refractivity contribution in [3.63, 3.8) is 0 Å². The van der Waals surface area contributed by atoms with E-state index in [2.05, 4.69) is 21.2 Å². The summed E-state index contributed by atoms with van der Waals surface area (Å²) in [5.41, 5.74) is 1.41. The summed E-state index contributed by atoms with van der Waals surface area (Å²) in [6, 6.07) is 3.28. The highest BCUT2D eigenvalue weighted by Gasteiger charge is 2.30. The van der Waals surface area contributed by atoms with Crippen LogP contribution < -0.4 is 5.32 Å². The Hall–Kier alpha value is -1.63. The summed E-state index contributed by atoms with van der Waals surface area (Å²) in [7, 11) is 0. The van der Waals surface area contributed by atoms with Crippen molar-refractivity contribution in [3.8, 4) is 0 Å². The first-order valence-electron chi connectivity index (χ1n) is 6.32. The molecular formula is C13H15BrN2O4. The quantitative estimate of drug-likeness (QED) is 0.646. The third kappa shape index (κ3) is 3.09. The first-order chi connectivity index (χ1) is 9.38. The number of aliphatic carboxylic acids is 1. The molecule has 1 aliphatic rings. The van der Waals surface area contributed by atoms with Crippen LogP contribution in [-0.4, -0.2) is 22.0 Å². The van der Waals surface area contributed by atoms with Crippen LogP contribution in [0, 0.1) is 23.0 Å². The van der Waals surface area contributed by atoms with Crippen LogP contribution in [0.4, 0.5) is 11.4 Å². The number of nitro benzene ring substituents is 1. The minimum atomic E-state index is -0.756. The Morgan fingerprint density at radius 3 is 2.75 bits per heavy atom. The first-order valence-corrected chi connectivity index (χ1v) is 7.11. The van der Waals surface area contributed by atoms with Gasteiger partial charge in [-0.3, -0.25) is 14.9 Å². The van der Waals surface area contributed by atoms with Crippen molar-refractivity contribution in [2.45, 2.75) is 32.2 Å².